The zero-order valence-electron chi connectivity index (χ0n) is 8.20. The average molecular weight is 187 g/mol. The van der Waals surface area contributed by atoms with Crippen LogP contribution < -0.4 is 5.32 Å². The molecule has 0 amide bonds. The van der Waals surface area contributed by atoms with Crippen molar-refractivity contribution in [1.29, 1.82) is 5.26 Å². The molecule has 14 heavy (non-hydrogen) atoms. The fraction of sp³-hybridized carbons (Fsp3) is 0.455. The van der Waals surface area contributed by atoms with E-state index in [1.807, 2.05) is 19.2 Å². The molecule has 0 bridgehead atoms. The molecular formula is C11H13N3. The summed E-state index contributed by atoms with van der Waals surface area (Å²) in [6.45, 7) is 2.78. The minimum absolute atomic E-state index is 0.154. The predicted octanol–water partition coefficient (Wildman–Crippen LogP) is 1.56. The zero-order valence-corrected chi connectivity index (χ0v) is 8.20. The molecule has 1 fully saturated rings. The maximum Gasteiger partial charge on any atom is 0.0669 e. The Morgan fingerprint density at radius 2 is 2.43 bits per heavy atom. The van der Waals surface area contributed by atoms with Gasteiger partial charge in [-0.15, -0.1) is 0 Å². The highest BCUT2D eigenvalue weighted by molar-refractivity contribution is 5.19. The first-order valence-corrected chi connectivity index (χ1v) is 4.85. The van der Waals surface area contributed by atoms with Gasteiger partial charge in [-0.3, -0.25) is 4.98 Å². The molecule has 1 N–H and O–H groups in total. The van der Waals surface area contributed by atoms with E-state index >= 15 is 0 Å². The molecular weight excluding hydrogens is 174 g/mol. The lowest BCUT2D eigenvalue weighted by molar-refractivity contribution is 0.636. The fourth-order valence-electron chi connectivity index (χ4n) is 1.77. The van der Waals surface area contributed by atoms with Crippen LogP contribution in [-0.4, -0.2) is 11.5 Å². The Kier molecular flexibility index (Phi) is 2.47. The van der Waals surface area contributed by atoms with Gasteiger partial charge in [-0.1, -0.05) is 6.07 Å². The predicted molar refractivity (Wildman–Crippen MR) is 53.4 cm³/mol. The first kappa shape index (κ1) is 9.17. The van der Waals surface area contributed by atoms with Gasteiger partial charge in [-0.2, -0.15) is 5.26 Å². The van der Waals surface area contributed by atoms with Gasteiger partial charge in [0.1, 0.15) is 0 Å². The molecule has 0 spiro atoms. The topological polar surface area (TPSA) is 48.7 Å². The minimum Gasteiger partial charge on any atom is -0.309 e. The van der Waals surface area contributed by atoms with Crippen LogP contribution in [0.2, 0.25) is 0 Å². The molecule has 1 aliphatic rings. The van der Waals surface area contributed by atoms with Crippen molar-refractivity contribution in [3.63, 3.8) is 0 Å². The molecule has 2 unspecified atom stereocenters. The average Bonchev–Trinajstić information content (AvgIpc) is 2.67. The number of hydrogen-bond donors (Lipinski definition) is 1. The van der Waals surface area contributed by atoms with E-state index in [1.165, 1.54) is 5.56 Å². The number of aryl methyl sites for hydroxylation is 1. The van der Waals surface area contributed by atoms with Gasteiger partial charge < -0.3 is 5.32 Å². The van der Waals surface area contributed by atoms with Crippen LogP contribution >= 0.6 is 0 Å². The standard InChI is InChI=1S/C11H13N3/c1-8-2-3-10(7-13-8)11-4-9(5-12)6-14-11/h2-3,7,9,11,14H,4,6H2,1H3. The Labute approximate surface area is 83.8 Å². The van der Waals surface area contributed by atoms with Crippen molar-refractivity contribution < 1.29 is 0 Å². The number of pyridine rings is 1. The molecule has 2 atom stereocenters. The van der Waals surface area contributed by atoms with Crippen molar-refractivity contribution in [3.8, 4) is 6.07 Å². The second kappa shape index (κ2) is 3.77. The first-order valence-electron chi connectivity index (χ1n) is 4.85. The van der Waals surface area contributed by atoms with E-state index < -0.39 is 0 Å². The SMILES string of the molecule is Cc1ccc(C2CC(C#N)CN2)cn1. The van der Waals surface area contributed by atoms with Crippen LogP contribution in [0.15, 0.2) is 18.3 Å². The monoisotopic (exact) mass is 187 g/mol. The number of rotatable bonds is 1. The van der Waals surface area contributed by atoms with Gasteiger partial charge in [0.25, 0.3) is 0 Å². The highest BCUT2D eigenvalue weighted by atomic mass is 15.0. The van der Waals surface area contributed by atoms with E-state index in [0.29, 0.717) is 6.04 Å². The lowest BCUT2D eigenvalue weighted by atomic mass is 10.0. The molecule has 1 aromatic rings. The molecule has 1 saturated heterocycles. The summed E-state index contributed by atoms with van der Waals surface area (Å²) >= 11 is 0. The van der Waals surface area contributed by atoms with E-state index in [2.05, 4.69) is 22.4 Å². The third-order valence-electron chi connectivity index (χ3n) is 2.65. The largest absolute Gasteiger partial charge is 0.309 e. The van der Waals surface area contributed by atoms with Gasteiger partial charge in [-0.05, 0) is 25.0 Å². The number of hydrogen-bond acceptors (Lipinski definition) is 3. The molecule has 1 aromatic heterocycles. The Bertz CT molecular complexity index is 350. The lowest BCUT2D eigenvalue weighted by Crippen LogP contribution is -2.13. The third-order valence-corrected chi connectivity index (χ3v) is 2.65. The first-order chi connectivity index (χ1) is 6.79. The third kappa shape index (κ3) is 1.75. The highest BCUT2D eigenvalue weighted by Crippen LogP contribution is 2.25. The van der Waals surface area contributed by atoms with Crippen LogP contribution in [0.1, 0.15) is 23.7 Å². The maximum absolute atomic E-state index is 8.77. The Morgan fingerprint density at radius 3 is 3.00 bits per heavy atom. The normalized spacial score (nSPS) is 26.0. The van der Waals surface area contributed by atoms with Crippen LogP contribution in [0.5, 0.6) is 0 Å². The van der Waals surface area contributed by atoms with Crippen molar-refractivity contribution in [2.24, 2.45) is 5.92 Å². The molecule has 0 aromatic carbocycles. The Balaban J connectivity index is 2.10. The summed E-state index contributed by atoms with van der Waals surface area (Å²) in [6.07, 6.45) is 2.80. The molecule has 3 heteroatoms. The van der Waals surface area contributed by atoms with Gasteiger partial charge >= 0.3 is 0 Å². The number of nitriles is 1. The summed E-state index contributed by atoms with van der Waals surface area (Å²) in [6, 6.07) is 6.70. The van der Waals surface area contributed by atoms with Gasteiger partial charge in [0.2, 0.25) is 0 Å². The molecule has 3 nitrogen and oxygen atoms in total. The summed E-state index contributed by atoms with van der Waals surface area (Å²) in [5, 5.41) is 12.1. The smallest absolute Gasteiger partial charge is 0.0669 e. The quantitative estimate of drug-likeness (QED) is 0.726. The van der Waals surface area contributed by atoms with Gasteiger partial charge in [0.05, 0.1) is 12.0 Å². The second-order valence-electron chi connectivity index (χ2n) is 3.76. The van der Waals surface area contributed by atoms with Crippen molar-refractivity contribution in [2.75, 3.05) is 6.54 Å². The van der Waals surface area contributed by atoms with Gasteiger partial charge in [-0.25, -0.2) is 0 Å². The van der Waals surface area contributed by atoms with E-state index in [1.54, 1.807) is 0 Å². The van der Waals surface area contributed by atoms with Crippen LogP contribution in [0, 0.1) is 24.2 Å². The van der Waals surface area contributed by atoms with Crippen LogP contribution in [-0.2, 0) is 0 Å². The molecule has 2 rings (SSSR count). The van der Waals surface area contributed by atoms with Crippen molar-refractivity contribution >= 4 is 0 Å². The number of aromatic nitrogens is 1. The van der Waals surface area contributed by atoms with Gasteiger partial charge in [0.15, 0.2) is 0 Å². The van der Waals surface area contributed by atoms with Crippen LogP contribution in [0.4, 0.5) is 0 Å². The summed E-state index contributed by atoms with van der Waals surface area (Å²) in [5.74, 6) is 0.154. The zero-order chi connectivity index (χ0) is 9.97. The summed E-state index contributed by atoms with van der Waals surface area (Å²) < 4.78 is 0. The van der Waals surface area contributed by atoms with Crippen molar-refractivity contribution in [3.05, 3.63) is 29.6 Å². The summed E-state index contributed by atoms with van der Waals surface area (Å²) in [4.78, 5) is 4.25. The molecule has 72 valence electrons. The minimum atomic E-state index is 0.154. The van der Waals surface area contributed by atoms with Crippen LogP contribution in [0.25, 0.3) is 0 Å². The summed E-state index contributed by atoms with van der Waals surface area (Å²) in [5.41, 5.74) is 2.22. The molecule has 0 aliphatic carbocycles. The molecule has 1 aliphatic heterocycles. The lowest BCUT2D eigenvalue weighted by Gasteiger charge is -2.09. The van der Waals surface area contributed by atoms with E-state index in [0.717, 1.165) is 18.7 Å². The highest BCUT2D eigenvalue weighted by Gasteiger charge is 2.24. The van der Waals surface area contributed by atoms with Crippen molar-refractivity contribution in [2.45, 2.75) is 19.4 Å². The van der Waals surface area contributed by atoms with Crippen molar-refractivity contribution in [1.82, 2.24) is 10.3 Å². The fourth-order valence-corrected chi connectivity index (χ4v) is 1.77. The van der Waals surface area contributed by atoms with E-state index in [9.17, 15) is 0 Å². The van der Waals surface area contributed by atoms with E-state index in [-0.39, 0.29) is 5.92 Å². The molecule has 0 saturated carbocycles. The second-order valence-corrected chi connectivity index (χ2v) is 3.76. The number of nitrogens with zero attached hydrogens (tertiary/aromatic N) is 2. The molecule has 2 heterocycles. The Hall–Kier alpha value is -1.40. The van der Waals surface area contributed by atoms with Crippen LogP contribution in [0.3, 0.4) is 0 Å². The van der Waals surface area contributed by atoms with E-state index in [4.69, 9.17) is 5.26 Å². The Morgan fingerprint density at radius 1 is 1.57 bits per heavy atom. The van der Waals surface area contributed by atoms with Gasteiger partial charge in [0, 0.05) is 24.5 Å². The number of nitrogens with one attached hydrogen (secondary N) is 1. The summed E-state index contributed by atoms with van der Waals surface area (Å²) in [7, 11) is 0. The maximum atomic E-state index is 8.77. The molecule has 0 radical (unpaired) electrons.